The molecule has 1 aliphatic heterocycles. The highest BCUT2D eigenvalue weighted by Gasteiger charge is 2.46. The van der Waals surface area contributed by atoms with E-state index in [-0.39, 0.29) is 23.9 Å². The van der Waals surface area contributed by atoms with Crippen LogP contribution >= 0.6 is 0 Å². The first-order valence-corrected chi connectivity index (χ1v) is 8.37. The summed E-state index contributed by atoms with van der Waals surface area (Å²) in [4.78, 5) is 12.2. The van der Waals surface area contributed by atoms with Crippen LogP contribution in [0.25, 0.3) is 0 Å². The summed E-state index contributed by atoms with van der Waals surface area (Å²) in [6, 6.07) is 0. The number of carbonyl (C=O) groups is 1. The fourth-order valence-corrected chi connectivity index (χ4v) is 3.53. The molecule has 1 heterocycles. The van der Waals surface area contributed by atoms with Crippen molar-refractivity contribution in [1.82, 2.24) is 0 Å². The molecule has 1 saturated heterocycles. The van der Waals surface area contributed by atoms with Gasteiger partial charge in [-0.15, -0.1) is 13.2 Å². The maximum Gasteiger partial charge on any atom is 0.309 e. The second kappa shape index (κ2) is 7.93. The molecule has 0 bridgehead atoms. The molecule has 0 aromatic carbocycles. The first-order chi connectivity index (χ1) is 10.7. The number of allylic oxidation sites excluding steroid dienone is 1. The lowest BCUT2D eigenvalue weighted by molar-refractivity contribution is -0.192. The minimum atomic E-state index is -0.433. The molecule has 4 heteroatoms. The molecule has 4 nitrogen and oxygen atoms in total. The van der Waals surface area contributed by atoms with Crippen molar-refractivity contribution < 1.29 is 19.0 Å². The Morgan fingerprint density at radius 1 is 1.36 bits per heavy atom. The van der Waals surface area contributed by atoms with Gasteiger partial charge in [0.15, 0.2) is 5.79 Å². The van der Waals surface area contributed by atoms with Gasteiger partial charge >= 0.3 is 5.97 Å². The average Bonchev–Trinajstić information content (AvgIpc) is 2.91. The maximum absolute atomic E-state index is 12.2. The highest BCUT2D eigenvalue weighted by molar-refractivity contribution is 5.73. The Kier molecular flexibility index (Phi) is 6.21. The van der Waals surface area contributed by atoms with Gasteiger partial charge in [0.25, 0.3) is 0 Å². The second-order valence-electron chi connectivity index (χ2n) is 6.13. The first-order valence-electron chi connectivity index (χ1n) is 8.37. The van der Waals surface area contributed by atoms with Crippen LogP contribution in [-0.2, 0) is 19.0 Å². The van der Waals surface area contributed by atoms with Crippen molar-refractivity contribution in [2.24, 2.45) is 11.8 Å². The van der Waals surface area contributed by atoms with E-state index in [4.69, 9.17) is 14.2 Å². The smallest absolute Gasteiger partial charge is 0.309 e. The van der Waals surface area contributed by atoms with E-state index in [1.54, 1.807) is 12.2 Å². The van der Waals surface area contributed by atoms with Gasteiger partial charge in [-0.2, -0.15) is 0 Å². The topological polar surface area (TPSA) is 44.8 Å². The van der Waals surface area contributed by atoms with Gasteiger partial charge in [-0.25, -0.2) is 0 Å². The molecule has 1 spiro atoms. The minimum Gasteiger partial charge on any atom is -0.466 e. The van der Waals surface area contributed by atoms with Gasteiger partial charge in [0.05, 0.1) is 25.2 Å². The average molecular weight is 308 g/mol. The predicted octanol–water partition coefficient (Wildman–Crippen LogP) is 3.62. The molecular formula is C18H28O4. The van der Waals surface area contributed by atoms with Gasteiger partial charge in [0.2, 0.25) is 0 Å². The van der Waals surface area contributed by atoms with Crippen LogP contribution in [0.1, 0.15) is 45.4 Å². The van der Waals surface area contributed by atoms with Crippen molar-refractivity contribution in [1.29, 1.82) is 0 Å². The van der Waals surface area contributed by atoms with Crippen LogP contribution in [0.3, 0.4) is 0 Å². The molecule has 2 fully saturated rings. The van der Waals surface area contributed by atoms with Crippen LogP contribution < -0.4 is 0 Å². The fourth-order valence-electron chi connectivity index (χ4n) is 3.53. The lowest BCUT2D eigenvalue weighted by atomic mass is 9.85. The van der Waals surface area contributed by atoms with E-state index in [0.29, 0.717) is 19.6 Å². The van der Waals surface area contributed by atoms with Gasteiger partial charge in [0, 0.05) is 18.8 Å². The monoisotopic (exact) mass is 308 g/mol. The Balaban J connectivity index is 2.07. The van der Waals surface area contributed by atoms with Gasteiger partial charge in [-0.3, -0.25) is 4.79 Å². The van der Waals surface area contributed by atoms with E-state index in [0.717, 1.165) is 25.7 Å². The molecule has 0 N–H and O–H groups in total. The van der Waals surface area contributed by atoms with Crippen LogP contribution in [0.4, 0.5) is 0 Å². The lowest BCUT2D eigenvalue weighted by Gasteiger charge is -2.33. The summed E-state index contributed by atoms with van der Waals surface area (Å²) in [6.07, 6.45) is 9.39. The summed E-state index contributed by atoms with van der Waals surface area (Å²) < 4.78 is 17.5. The number of carbonyl (C=O) groups excluding carboxylic acids is 1. The molecule has 0 radical (unpaired) electrons. The third-order valence-electron chi connectivity index (χ3n) is 4.67. The zero-order chi connectivity index (χ0) is 16.0. The van der Waals surface area contributed by atoms with Gasteiger partial charge < -0.3 is 14.2 Å². The Labute approximate surface area is 133 Å². The van der Waals surface area contributed by atoms with Crippen molar-refractivity contribution in [3.05, 3.63) is 25.3 Å². The van der Waals surface area contributed by atoms with Crippen LogP contribution in [-0.4, -0.2) is 31.1 Å². The van der Waals surface area contributed by atoms with E-state index in [1.165, 1.54) is 6.42 Å². The second-order valence-corrected chi connectivity index (χ2v) is 6.13. The van der Waals surface area contributed by atoms with Crippen LogP contribution in [0.5, 0.6) is 0 Å². The molecule has 0 aromatic rings. The van der Waals surface area contributed by atoms with Gasteiger partial charge in [0.1, 0.15) is 0 Å². The molecular weight excluding hydrogens is 280 g/mol. The quantitative estimate of drug-likeness (QED) is 0.532. The van der Waals surface area contributed by atoms with Crippen molar-refractivity contribution in [2.75, 3.05) is 13.2 Å². The van der Waals surface area contributed by atoms with Crippen molar-refractivity contribution in [3.63, 3.8) is 0 Å². The summed E-state index contributed by atoms with van der Waals surface area (Å²) in [7, 11) is 0. The Morgan fingerprint density at radius 3 is 2.68 bits per heavy atom. The summed E-state index contributed by atoms with van der Waals surface area (Å²) >= 11 is 0. The van der Waals surface area contributed by atoms with Crippen molar-refractivity contribution >= 4 is 5.97 Å². The Morgan fingerprint density at radius 2 is 2.09 bits per heavy atom. The van der Waals surface area contributed by atoms with E-state index >= 15 is 0 Å². The molecule has 2 aliphatic rings. The lowest BCUT2D eigenvalue weighted by Crippen LogP contribution is -2.37. The number of hydrogen-bond acceptors (Lipinski definition) is 4. The number of ether oxygens (including phenoxy) is 3. The molecule has 0 amide bonds. The van der Waals surface area contributed by atoms with Crippen LogP contribution in [0.15, 0.2) is 25.3 Å². The fraction of sp³-hybridized carbons (Fsp3) is 0.722. The van der Waals surface area contributed by atoms with Gasteiger partial charge in [-0.05, 0) is 26.2 Å². The number of rotatable bonds is 7. The SMILES string of the molecule is C=CC[C@@H](C(=O)OCC)[C@@H](C=C)[C@H]1COC2(CCCCC2)O1. The minimum absolute atomic E-state index is 0.113. The molecule has 124 valence electrons. The molecule has 1 saturated carbocycles. The predicted molar refractivity (Wildman–Crippen MR) is 85.3 cm³/mol. The zero-order valence-electron chi connectivity index (χ0n) is 13.6. The van der Waals surface area contributed by atoms with E-state index in [9.17, 15) is 4.79 Å². The summed E-state index contributed by atoms with van der Waals surface area (Å²) in [5.41, 5.74) is 0. The highest BCUT2D eigenvalue weighted by atomic mass is 16.7. The van der Waals surface area contributed by atoms with E-state index in [2.05, 4.69) is 13.2 Å². The first kappa shape index (κ1) is 17.2. The molecule has 3 atom stereocenters. The van der Waals surface area contributed by atoms with Crippen molar-refractivity contribution in [2.45, 2.75) is 57.3 Å². The zero-order valence-corrected chi connectivity index (χ0v) is 13.6. The molecule has 0 aromatic heterocycles. The summed E-state index contributed by atoms with van der Waals surface area (Å²) in [5, 5.41) is 0. The van der Waals surface area contributed by atoms with E-state index < -0.39 is 5.79 Å². The summed E-state index contributed by atoms with van der Waals surface area (Å²) in [5.74, 6) is -1.06. The Hall–Kier alpha value is -1.13. The Bertz CT molecular complexity index is 398. The molecule has 0 unspecified atom stereocenters. The highest BCUT2D eigenvalue weighted by Crippen LogP contribution is 2.41. The van der Waals surface area contributed by atoms with E-state index in [1.807, 2.05) is 6.92 Å². The van der Waals surface area contributed by atoms with Crippen LogP contribution in [0.2, 0.25) is 0 Å². The van der Waals surface area contributed by atoms with Crippen LogP contribution in [0, 0.1) is 11.8 Å². The van der Waals surface area contributed by atoms with Gasteiger partial charge in [-0.1, -0.05) is 18.6 Å². The maximum atomic E-state index is 12.2. The van der Waals surface area contributed by atoms with Crippen molar-refractivity contribution in [3.8, 4) is 0 Å². The third kappa shape index (κ3) is 3.79. The molecule has 22 heavy (non-hydrogen) atoms. The number of esters is 1. The molecule has 1 aliphatic carbocycles. The molecule has 2 rings (SSSR count). The number of hydrogen-bond donors (Lipinski definition) is 0. The third-order valence-corrected chi connectivity index (χ3v) is 4.67. The normalized spacial score (nSPS) is 26.3. The summed E-state index contributed by atoms with van der Waals surface area (Å²) in [6.45, 7) is 10.4. The standard InChI is InChI=1S/C18H28O4/c1-4-10-15(17(19)20-6-3)14(5-2)16-13-21-18(22-16)11-8-7-9-12-18/h4-5,14-16H,1-2,6-13H2,3H3/t14-,15-,16-/m1/s1. The largest absolute Gasteiger partial charge is 0.466 e.